The Labute approximate surface area is 79.1 Å². The van der Waals surface area contributed by atoms with Crippen LogP contribution in [-0.4, -0.2) is 48.6 Å². The van der Waals surface area contributed by atoms with E-state index >= 15 is 0 Å². The second-order valence-corrected chi connectivity index (χ2v) is 5.09. The molecule has 1 atom stereocenters. The molecule has 2 nitrogen and oxygen atoms in total. The molecule has 0 saturated carbocycles. The summed E-state index contributed by atoms with van der Waals surface area (Å²) in [6, 6.07) is 0. The maximum Gasteiger partial charge on any atom is 0.0175 e. The summed E-state index contributed by atoms with van der Waals surface area (Å²) < 4.78 is 0. The van der Waals surface area contributed by atoms with Crippen LogP contribution in [-0.2, 0) is 0 Å². The fourth-order valence-electron chi connectivity index (χ4n) is 1.97. The lowest BCUT2D eigenvalue weighted by atomic mass is 10.2. The largest absolute Gasteiger partial charge is 0.314 e. The summed E-state index contributed by atoms with van der Waals surface area (Å²) in [4.78, 5) is 2.61. The maximum atomic E-state index is 3.39. The lowest BCUT2D eigenvalue weighted by Gasteiger charge is -2.29. The Morgan fingerprint density at radius 2 is 2.17 bits per heavy atom. The predicted molar refractivity (Wildman–Crippen MR) is 54.8 cm³/mol. The van der Waals surface area contributed by atoms with Gasteiger partial charge >= 0.3 is 0 Å². The molecule has 0 radical (unpaired) electrons. The van der Waals surface area contributed by atoms with Crippen molar-refractivity contribution in [3.05, 3.63) is 0 Å². The van der Waals surface area contributed by atoms with Crippen LogP contribution < -0.4 is 5.32 Å². The van der Waals surface area contributed by atoms with Crippen molar-refractivity contribution in [2.24, 2.45) is 0 Å². The van der Waals surface area contributed by atoms with Gasteiger partial charge in [-0.1, -0.05) is 0 Å². The molecule has 2 rings (SSSR count). The minimum atomic E-state index is 0.947. The summed E-state index contributed by atoms with van der Waals surface area (Å²) in [7, 11) is 0. The van der Waals surface area contributed by atoms with E-state index in [1.54, 1.807) is 0 Å². The third kappa shape index (κ3) is 2.38. The van der Waals surface area contributed by atoms with Crippen molar-refractivity contribution in [2.75, 3.05) is 38.5 Å². The number of hydrogen-bond donors (Lipinski definition) is 1. The van der Waals surface area contributed by atoms with Crippen molar-refractivity contribution < 1.29 is 0 Å². The zero-order chi connectivity index (χ0) is 8.23. The Morgan fingerprint density at radius 3 is 2.83 bits per heavy atom. The number of rotatable bonds is 2. The molecule has 2 fully saturated rings. The van der Waals surface area contributed by atoms with Crippen molar-refractivity contribution >= 4 is 11.8 Å². The zero-order valence-corrected chi connectivity index (χ0v) is 8.41. The van der Waals surface area contributed by atoms with Gasteiger partial charge in [0.25, 0.3) is 0 Å². The molecule has 1 N–H and O–H groups in total. The molecule has 0 aromatic rings. The number of nitrogens with zero attached hydrogens (tertiary/aromatic N) is 1. The molecule has 3 heteroatoms. The van der Waals surface area contributed by atoms with E-state index in [0.29, 0.717) is 0 Å². The third-order valence-corrected chi connectivity index (χ3v) is 4.08. The van der Waals surface area contributed by atoms with Gasteiger partial charge in [-0.25, -0.2) is 0 Å². The van der Waals surface area contributed by atoms with E-state index in [-0.39, 0.29) is 0 Å². The molecule has 0 amide bonds. The number of hydrogen-bond acceptors (Lipinski definition) is 3. The number of thioether (sulfide) groups is 1. The van der Waals surface area contributed by atoms with Crippen LogP contribution in [0.15, 0.2) is 0 Å². The van der Waals surface area contributed by atoms with Crippen LogP contribution in [0, 0.1) is 0 Å². The molecule has 0 aromatic carbocycles. The van der Waals surface area contributed by atoms with E-state index in [4.69, 9.17) is 0 Å². The molecule has 0 spiro atoms. The van der Waals surface area contributed by atoms with Gasteiger partial charge in [0.1, 0.15) is 0 Å². The molecule has 0 aromatic heterocycles. The molecule has 0 aliphatic carbocycles. The van der Waals surface area contributed by atoms with Crippen molar-refractivity contribution in [3.63, 3.8) is 0 Å². The van der Waals surface area contributed by atoms with E-state index in [1.165, 1.54) is 51.3 Å². The minimum absolute atomic E-state index is 0.947. The van der Waals surface area contributed by atoms with Crippen LogP contribution in [0.4, 0.5) is 0 Å². The highest BCUT2D eigenvalue weighted by molar-refractivity contribution is 8.00. The normalized spacial score (nSPS) is 32.5. The van der Waals surface area contributed by atoms with Gasteiger partial charge in [0.15, 0.2) is 0 Å². The van der Waals surface area contributed by atoms with Gasteiger partial charge in [-0.2, -0.15) is 11.8 Å². The Balaban J connectivity index is 1.69. The van der Waals surface area contributed by atoms with Crippen LogP contribution in [0.3, 0.4) is 0 Å². The summed E-state index contributed by atoms with van der Waals surface area (Å²) in [5.74, 6) is 1.40. The number of piperazine rings is 1. The summed E-state index contributed by atoms with van der Waals surface area (Å²) in [6.45, 7) is 6.25. The van der Waals surface area contributed by atoms with Crippen LogP contribution in [0.2, 0.25) is 0 Å². The average molecular weight is 186 g/mol. The Hall–Kier alpha value is 0.270. The van der Waals surface area contributed by atoms with E-state index in [1.807, 2.05) is 0 Å². The fraction of sp³-hybridized carbons (Fsp3) is 1.00. The van der Waals surface area contributed by atoms with Gasteiger partial charge in [0, 0.05) is 38.0 Å². The molecule has 2 aliphatic heterocycles. The lowest BCUT2D eigenvalue weighted by Crippen LogP contribution is -2.45. The standard InChI is InChI=1S/C9H18N2S/c1-2-9(12-7-1)8-11-5-3-10-4-6-11/h9-10H,1-8H2. The molecule has 12 heavy (non-hydrogen) atoms. The Kier molecular flexibility index (Phi) is 3.31. The molecule has 2 saturated heterocycles. The molecule has 1 unspecified atom stereocenters. The van der Waals surface area contributed by atoms with Crippen LogP contribution in [0.1, 0.15) is 12.8 Å². The second-order valence-electron chi connectivity index (χ2n) is 3.69. The van der Waals surface area contributed by atoms with Crippen LogP contribution in [0.25, 0.3) is 0 Å². The summed E-state index contributed by atoms with van der Waals surface area (Å²) >= 11 is 2.17. The van der Waals surface area contributed by atoms with E-state index < -0.39 is 0 Å². The first kappa shape index (κ1) is 8.85. The first-order chi connectivity index (χ1) is 5.95. The predicted octanol–water partition coefficient (Wildman–Crippen LogP) is 0.787. The monoisotopic (exact) mass is 186 g/mol. The fourth-order valence-corrected chi connectivity index (χ4v) is 3.29. The Bertz CT molecular complexity index is 128. The van der Waals surface area contributed by atoms with Crippen molar-refractivity contribution in [3.8, 4) is 0 Å². The van der Waals surface area contributed by atoms with Gasteiger partial charge in [-0.05, 0) is 18.6 Å². The molecule has 2 aliphatic rings. The van der Waals surface area contributed by atoms with Crippen molar-refractivity contribution in [1.82, 2.24) is 10.2 Å². The second kappa shape index (κ2) is 4.49. The average Bonchev–Trinajstić information content (AvgIpc) is 2.59. The van der Waals surface area contributed by atoms with E-state index in [0.717, 1.165) is 5.25 Å². The van der Waals surface area contributed by atoms with Gasteiger partial charge in [-0.15, -0.1) is 0 Å². The van der Waals surface area contributed by atoms with Crippen LogP contribution >= 0.6 is 11.8 Å². The zero-order valence-electron chi connectivity index (χ0n) is 7.59. The van der Waals surface area contributed by atoms with E-state index in [9.17, 15) is 0 Å². The molecular weight excluding hydrogens is 168 g/mol. The molecular formula is C9H18N2S. The van der Waals surface area contributed by atoms with Gasteiger partial charge in [0.2, 0.25) is 0 Å². The topological polar surface area (TPSA) is 15.3 Å². The first-order valence-electron chi connectivity index (χ1n) is 5.00. The summed E-state index contributed by atoms with van der Waals surface area (Å²) in [5, 5.41) is 4.34. The highest BCUT2D eigenvalue weighted by Crippen LogP contribution is 2.26. The van der Waals surface area contributed by atoms with E-state index in [2.05, 4.69) is 22.0 Å². The Morgan fingerprint density at radius 1 is 1.33 bits per heavy atom. The lowest BCUT2D eigenvalue weighted by molar-refractivity contribution is 0.241. The van der Waals surface area contributed by atoms with Crippen molar-refractivity contribution in [1.29, 1.82) is 0 Å². The summed E-state index contributed by atoms with van der Waals surface area (Å²) in [5.41, 5.74) is 0. The molecule has 70 valence electrons. The first-order valence-corrected chi connectivity index (χ1v) is 6.05. The van der Waals surface area contributed by atoms with Crippen molar-refractivity contribution in [2.45, 2.75) is 18.1 Å². The third-order valence-electron chi connectivity index (χ3n) is 2.70. The maximum absolute atomic E-state index is 3.39. The smallest absolute Gasteiger partial charge is 0.0175 e. The quantitative estimate of drug-likeness (QED) is 0.686. The van der Waals surface area contributed by atoms with Gasteiger partial charge < -0.3 is 5.32 Å². The summed E-state index contributed by atoms with van der Waals surface area (Å²) in [6.07, 6.45) is 2.90. The minimum Gasteiger partial charge on any atom is -0.314 e. The number of nitrogens with one attached hydrogen (secondary N) is 1. The van der Waals surface area contributed by atoms with Gasteiger partial charge in [-0.3, -0.25) is 4.90 Å². The van der Waals surface area contributed by atoms with Gasteiger partial charge in [0.05, 0.1) is 0 Å². The molecule has 2 heterocycles. The highest BCUT2D eigenvalue weighted by atomic mass is 32.2. The molecule has 0 bridgehead atoms. The van der Waals surface area contributed by atoms with Crippen LogP contribution in [0.5, 0.6) is 0 Å². The highest BCUT2D eigenvalue weighted by Gasteiger charge is 2.19. The SMILES string of the molecule is C1CSC(CN2CCNCC2)C1.